The van der Waals surface area contributed by atoms with Gasteiger partial charge < -0.3 is 19.1 Å². The maximum atomic E-state index is 13.1. The predicted octanol–water partition coefficient (Wildman–Crippen LogP) is 3.59. The van der Waals surface area contributed by atoms with Crippen molar-refractivity contribution in [3.05, 3.63) is 16.0 Å². The van der Waals surface area contributed by atoms with Crippen molar-refractivity contribution in [1.82, 2.24) is 4.90 Å². The van der Waals surface area contributed by atoms with E-state index in [0.717, 1.165) is 37.0 Å². The van der Waals surface area contributed by atoms with Crippen molar-refractivity contribution in [3.8, 4) is 0 Å². The SMILES string of the molecule is CCOC(=O)c1sc(NC(=O)N2CCCO[C@@H]3CCC[C@@H]32)c(C(=O)OCC)c1C. The summed E-state index contributed by atoms with van der Waals surface area (Å²) in [7, 11) is 0. The number of carbonyl (C=O) groups is 3. The zero-order valence-corrected chi connectivity index (χ0v) is 17.9. The molecule has 0 radical (unpaired) electrons. The molecular weight excluding hydrogens is 396 g/mol. The molecule has 1 saturated carbocycles. The number of urea groups is 1. The minimum absolute atomic E-state index is 0.0362. The van der Waals surface area contributed by atoms with Crippen LogP contribution < -0.4 is 5.32 Å². The van der Waals surface area contributed by atoms with Crippen LogP contribution in [0.25, 0.3) is 0 Å². The third kappa shape index (κ3) is 4.56. The summed E-state index contributed by atoms with van der Waals surface area (Å²) in [5.41, 5.74) is 0.669. The van der Waals surface area contributed by atoms with Crippen molar-refractivity contribution in [2.24, 2.45) is 0 Å². The molecule has 160 valence electrons. The molecule has 0 unspecified atom stereocenters. The molecule has 8 nitrogen and oxygen atoms in total. The highest BCUT2D eigenvalue weighted by molar-refractivity contribution is 7.18. The number of hydrogen-bond donors (Lipinski definition) is 1. The van der Waals surface area contributed by atoms with Gasteiger partial charge in [0.25, 0.3) is 0 Å². The van der Waals surface area contributed by atoms with Gasteiger partial charge in [-0.2, -0.15) is 0 Å². The van der Waals surface area contributed by atoms with E-state index in [4.69, 9.17) is 14.2 Å². The number of hydrogen-bond acceptors (Lipinski definition) is 7. The number of fused-ring (bicyclic) bond motifs is 1. The van der Waals surface area contributed by atoms with E-state index in [1.165, 1.54) is 0 Å². The van der Waals surface area contributed by atoms with Gasteiger partial charge in [-0.3, -0.25) is 5.32 Å². The van der Waals surface area contributed by atoms with Crippen LogP contribution >= 0.6 is 11.3 Å². The summed E-state index contributed by atoms with van der Waals surface area (Å²) in [6.07, 6.45) is 3.71. The molecule has 1 saturated heterocycles. The van der Waals surface area contributed by atoms with Gasteiger partial charge in [-0.15, -0.1) is 11.3 Å². The fraction of sp³-hybridized carbons (Fsp3) is 0.650. The normalized spacial score (nSPS) is 21.3. The van der Waals surface area contributed by atoms with Crippen LogP contribution in [0, 0.1) is 6.92 Å². The lowest BCUT2D eigenvalue weighted by Gasteiger charge is -2.30. The minimum Gasteiger partial charge on any atom is -0.462 e. The number of nitrogens with one attached hydrogen (secondary N) is 1. The van der Waals surface area contributed by atoms with E-state index in [9.17, 15) is 14.4 Å². The first kappa shape index (κ1) is 21.6. The average molecular weight is 425 g/mol. The van der Waals surface area contributed by atoms with E-state index < -0.39 is 11.9 Å². The van der Waals surface area contributed by atoms with Gasteiger partial charge in [-0.1, -0.05) is 0 Å². The zero-order valence-electron chi connectivity index (χ0n) is 17.1. The van der Waals surface area contributed by atoms with Crippen LogP contribution in [0.2, 0.25) is 0 Å². The lowest BCUT2D eigenvalue weighted by atomic mass is 10.1. The van der Waals surface area contributed by atoms with Gasteiger partial charge >= 0.3 is 18.0 Å². The Morgan fingerprint density at radius 1 is 1.14 bits per heavy atom. The summed E-state index contributed by atoms with van der Waals surface area (Å²) < 4.78 is 16.1. The van der Waals surface area contributed by atoms with Gasteiger partial charge in [0, 0.05) is 13.2 Å². The van der Waals surface area contributed by atoms with E-state index in [1.54, 1.807) is 25.7 Å². The second-order valence-corrected chi connectivity index (χ2v) is 8.11. The molecule has 0 spiro atoms. The Kier molecular flexibility index (Phi) is 7.13. The van der Waals surface area contributed by atoms with E-state index in [2.05, 4.69) is 5.32 Å². The van der Waals surface area contributed by atoms with Crippen LogP contribution in [0.3, 0.4) is 0 Å². The van der Waals surface area contributed by atoms with Crippen molar-refractivity contribution < 1.29 is 28.6 Å². The van der Waals surface area contributed by atoms with Gasteiger partial charge in [-0.05, 0) is 52.0 Å². The van der Waals surface area contributed by atoms with E-state index in [0.29, 0.717) is 28.6 Å². The fourth-order valence-electron chi connectivity index (χ4n) is 3.96. The van der Waals surface area contributed by atoms with Crippen molar-refractivity contribution in [2.75, 3.05) is 31.7 Å². The van der Waals surface area contributed by atoms with Crippen molar-refractivity contribution in [3.63, 3.8) is 0 Å². The molecule has 9 heteroatoms. The minimum atomic E-state index is -0.565. The van der Waals surface area contributed by atoms with Crippen molar-refractivity contribution in [2.45, 2.75) is 58.6 Å². The van der Waals surface area contributed by atoms with E-state index in [1.807, 2.05) is 0 Å². The summed E-state index contributed by atoms with van der Waals surface area (Å²) in [6.45, 7) is 6.75. The molecule has 29 heavy (non-hydrogen) atoms. The van der Waals surface area contributed by atoms with Crippen LogP contribution in [0.4, 0.5) is 9.80 Å². The monoisotopic (exact) mass is 424 g/mol. The quantitative estimate of drug-likeness (QED) is 0.726. The first-order valence-electron chi connectivity index (χ1n) is 10.1. The van der Waals surface area contributed by atoms with Gasteiger partial charge in [0.15, 0.2) is 0 Å². The topological polar surface area (TPSA) is 94.2 Å². The predicted molar refractivity (Wildman–Crippen MR) is 109 cm³/mol. The number of esters is 2. The van der Waals surface area contributed by atoms with Gasteiger partial charge in [0.05, 0.1) is 30.9 Å². The summed E-state index contributed by atoms with van der Waals surface area (Å²) >= 11 is 1.05. The molecule has 2 atom stereocenters. The molecule has 0 bridgehead atoms. The van der Waals surface area contributed by atoms with Crippen LogP contribution in [-0.2, 0) is 14.2 Å². The molecule has 1 aromatic heterocycles. The van der Waals surface area contributed by atoms with E-state index in [-0.39, 0.29) is 37.0 Å². The molecule has 2 aliphatic rings. The fourth-order valence-corrected chi connectivity index (χ4v) is 5.03. The number of rotatable bonds is 5. The lowest BCUT2D eigenvalue weighted by molar-refractivity contribution is 0.0413. The second-order valence-electron chi connectivity index (χ2n) is 7.09. The Labute approximate surface area is 174 Å². The first-order valence-corrected chi connectivity index (χ1v) is 11.0. The number of nitrogens with zero attached hydrogens (tertiary/aromatic N) is 1. The molecule has 1 N–H and O–H groups in total. The average Bonchev–Trinajstić information content (AvgIpc) is 3.20. The Hall–Kier alpha value is -2.13. The molecule has 3 rings (SSSR count). The Morgan fingerprint density at radius 3 is 2.59 bits per heavy atom. The molecule has 2 amide bonds. The lowest BCUT2D eigenvalue weighted by Crippen LogP contribution is -2.46. The van der Waals surface area contributed by atoms with Crippen LogP contribution in [-0.4, -0.2) is 61.4 Å². The van der Waals surface area contributed by atoms with Crippen molar-refractivity contribution >= 4 is 34.3 Å². The number of carbonyl (C=O) groups excluding carboxylic acids is 3. The number of thiophene rings is 1. The Morgan fingerprint density at radius 2 is 1.86 bits per heavy atom. The van der Waals surface area contributed by atoms with Gasteiger partial charge in [0.2, 0.25) is 0 Å². The third-order valence-corrected chi connectivity index (χ3v) is 6.45. The van der Waals surface area contributed by atoms with Gasteiger partial charge in [0.1, 0.15) is 9.88 Å². The molecule has 2 fully saturated rings. The highest BCUT2D eigenvalue weighted by atomic mass is 32.1. The summed E-state index contributed by atoms with van der Waals surface area (Å²) in [5.74, 6) is -1.08. The van der Waals surface area contributed by atoms with Crippen LogP contribution in [0.1, 0.15) is 65.1 Å². The Bertz CT molecular complexity index is 777. The zero-order chi connectivity index (χ0) is 21.0. The largest absolute Gasteiger partial charge is 0.462 e. The van der Waals surface area contributed by atoms with Crippen molar-refractivity contribution in [1.29, 1.82) is 0 Å². The number of ether oxygens (including phenoxy) is 3. The smallest absolute Gasteiger partial charge is 0.348 e. The van der Waals surface area contributed by atoms with Gasteiger partial charge in [-0.25, -0.2) is 14.4 Å². The molecular formula is C20H28N2O6S. The Balaban J connectivity index is 1.88. The highest BCUT2D eigenvalue weighted by Gasteiger charge is 2.38. The molecule has 1 aromatic rings. The summed E-state index contributed by atoms with van der Waals surface area (Å²) in [4.78, 5) is 40.0. The maximum absolute atomic E-state index is 13.1. The third-order valence-electron chi connectivity index (χ3n) is 5.26. The molecule has 0 aromatic carbocycles. The summed E-state index contributed by atoms with van der Waals surface area (Å²) in [6, 6.07) is -0.247. The van der Waals surface area contributed by atoms with Crippen LogP contribution in [0.5, 0.6) is 0 Å². The van der Waals surface area contributed by atoms with E-state index >= 15 is 0 Å². The van der Waals surface area contributed by atoms with Crippen LogP contribution in [0.15, 0.2) is 0 Å². The molecule has 2 heterocycles. The highest BCUT2D eigenvalue weighted by Crippen LogP contribution is 2.35. The number of amides is 2. The number of anilines is 1. The molecule has 1 aliphatic carbocycles. The summed E-state index contributed by atoms with van der Waals surface area (Å²) in [5, 5.41) is 3.17. The standard InChI is InChI=1S/C20H28N2O6S/c1-4-26-18(23)15-12(3)16(19(24)27-5-2)29-17(15)21-20(25)22-10-7-11-28-14-9-6-8-13(14)22/h13-14H,4-11H2,1-3H3,(H,21,25)/t13-,14+/m0/s1. The maximum Gasteiger partial charge on any atom is 0.348 e. The second kappa shape index (κ2) is 9.58. The first-order chi connectivity index (χ1) is 14.0. The molecule has 1 aliphatic heterocycles.